The van der Waals surface area contributed by atoms with Gasteiger partial charge in [0, 0.05) is 8.80 Å². The zero-order valence-corrected chi connectivity index (χ0v) is 7.52. The van der Waals surface area contributed by atoms with Gasteiger partial charge in [-0.15, -0.1) is 0 Å². The second-order valence-corrected chi connectivity index (χ2v) is 7.22. The van der Waals surface area contributed by atoms with Crippen LogP contribution in [0.25, 0.3) is 0 Å². The number of hydrogen-bond acceptors (Lipinski definition) is 1. The molecular formula is C6H17NSi. The van der Waals surface area contributed by atoms with Gasteiger partial charge in [0.25, 0.3) is 0 Å². The van der Waals surface area contributed by atoms with Gasteiger partial charge in [-0.3, -0.25) is 0 Å². The average Bonchev–Trinajstić information content (AvgIpc) is 1.67. The molecule has 0 aliphatic heterocycles. The molecular weight excluding hydrogens is 114 g/mol. The van der Waals surface area contributed by atoms with Crippen molar-refractivity contribution in [2.24, 2.45) is 5.73 Å². The highest BCUT2D eigenvalue weighted by molar-refractivity contribution is 6.59. The highest BCUT2D eigenvalue weighted by Crippen LogP contribution is 2.25. The van der Waals surface area contributed by atoms with Gasteiger partial charge in [0.05, 0.1) is 0 Å². The molecule has 0 bridgehead atoms. The van der Waals surface area contributed by atoms with Crippen molar-refractivity contribution in [1.29, 1.82) is 0 Å². The minimum atomic E-state index is -0.505. The molecule has 0 unspecified atom stereocenters. The van der Waals surface area contributed by atoms with E-state index in [1.54, 1.807) is 0 Å². The number of nitrogens with two attached hydrogens (primary N) is 1. The summed E-state index contributed by atoms with van der Waals surface area (Å²) in [6.07, 6.45) is 0. The van der Waals surface area contributed by atoms with Crippen LogP contribution in [0.5, 0.6) is 0 Å². The smallest absolute Gasteiger partial charge is 0.0381 e. The fraction of sp³-hybridized carbons (Fsp3) is 1.00. The van der Waals surface area contributed by atoms with E-state index in [1.807, 2.05) is 0 Å². The van der Waals surface area contributed by atoms with Crippen LogP contribution in [0.2, 0.25) is 18.1 Å². The molecule has 0 saturated heterocycles. The number of rotatable bonds is 2. The van der Waals surface area contributed by atoms with Crippen molar-refractivity contribution in [2.75, 3.05) is 6.54 Å². The predicted octanol–water partition coefficient (Wildman–Crippen LogP) is 1.21. The molecule has 1 nitrogen and oxygen atoms in total. The maximum Gasteiger partial charge on any atom is 0.0381 e. The Hall–Kier alpha value is 0.177. The number of hydrogen-bond donors (Lipinski definition) is 1. The molecule has 0 amide bonds. The summed E-state index contributed by atoms with van der Waals surface area (Å²) in [4.78, 5) is 0. The summed E-state index contributed by atoms with van der Waals surface area (Å²) in [7, 11) is -0.505. The molecule has 0 aliphatic rings. The summed E-state index contributed by atoms with van der Waals surface area (Å²) in [6, 6.07) is 0. The molecule has 2 heteroatoms. The molecule has 0 rings (SSSR count). The molecule has 0 aromatic heterocycles. The zero-order chi connectivity index (χ0) is 6.78. The lowest BCUT2D eigenvalue weighted by Gasteiger charge is -2.25. The van der Waals surface area contributed by atoms with Crippen molar-refractivity contribution in [3.05, 3.63) is 0 Å². The molecule has 0 fully saturated rings. The van der Waals surface area contributed by atoms with E-state index in [0.29, 0.717) is 5.04 Å². The van der Waals surface area contributed by atoms with Crippen molar-refractivity contribution in [2.45, 2.75) is 32.0 Å². The fourth-order valence-corrected chi connectivity index (χ4v) is 0.707. The molecule has 0 radical (unpaired) electrons. The Morgan fingerprint density at radius 3 is 1.75 bits per heavy atom. The SMILES string of the molecule is C[SiH](C)C(C)(C)CN. The predicted molar refractivity (Wildman–Crippen MR) is 42.0 cm³/mol. The normalized spacial score (nSPS) is 12.8. The minimum absolute atomic E-state index is 0.458. The Morgan fingerprint density at radius 2 is 1.75 bits per heavy atom. The Balaban J connectivity index is 3.71. The molecule has 0 aromatic rings. The summed E-state index contributed by atoms with van der Waals surface area (Å²) in [5.41, 5.74) is 5.54. The highest BCUT2D eigenvalue weighted by Gasteiger charge is 2.20. The third-order valence-corrected chi connectivity index (χ3v) is 5.45. The van der Waals surface area contributed by atoms with Crippen LogP contribution in [0.3, 0.4) is 0 Å². The van der Waals surface area contributed by atoms with Gasteiger partial charge in [0.1, 0.15) is 0 Å². The van der Waals surface area contributed by atoms with Crippen LogP contribution >= 0.6 is 0 Å². The van der Waals surface area contributed by atoms with Gasteiger partial charge in [-0.25, -0.2) is 0 Å². The lowest BCUT2D eigenvalue weighted by atomic mass is 10.2. The largest absolute Gasteiger partial charge is 0.330 e. The van der Waals surface area contributed by atoms with E-state index in [1.165, 1.54) is 0 Å². The van der Waals surface area contributed by atoms with E-state index in [0.717, 1.165) is 6.54 Å². The molecule has 0 atom stereocenters. The second-order valence-electron chi connectivity index (χ2n) is 3.35. The molecule has 0 aromatic carbocycles. The van der Waals surface area contributed by atoms with Crippen molar-refractivity contribution < 1.29 is 0 Å². The van der Waals surface area contributed by atoms with Crippen LogP contribution in [0.15, 0.2) is 0 Å². The third-order valence-electron chi connectivity index (χ3n) is 2.09. The van der Waals surface area contributed by atoms with Crippen LogP contribution in [-0.2, 0) is 0 Å². The minimum Gasteiger partial charge on any atom is -0.330 e. The summed E-state index contributed by atoms with van der Waals surface area (Å²) in [6.45, 7) is 10.0. The third kappa shape index (κ3) is 1.97. The van der Waals surface area contributed by atoms with Gasteiger partial charge in [-0.2, -0.15) is 0 Å². The average molecular weight is 131 g/mol. The monoisotopic (exact) mass is 131 g/mol. The van der Waals surface area contributed by atoms with Gasteiger partial charge < -0.3 is 5.73 Å². The zero-order valence-electron chi connectivity index (χ0n) is 6.36. The van der Waals surface area contributed by atoms with Crippen LogP contribution in [0, 0.1) is 0 Å². The van der Waals surface area contributed by atoms with E-state index < -0.39 is 8.80 Å². The van der Waals surface area contributed by atoms with E-state index in [9.17, 15) is 0 Å². The Morgan fingerprint density at radius 1 is 1.38 bits per heavy atom. The molecule has 8 heavy (non-hydrogen) atoms. The second kappa shape index (κ2) is 2.64. The van der Waals surface area contributed by atoms with Crippen LogP contribution in [0.1, 0.15) is 13.8 Å². The van der Waals surface area contributed by atoms with Crippen LogP contribution < -0.4 is 5.73 Å². The quantitative estimate of drug-likeness (QED) is 0.560. The summed E-state index contributed by atoms with van der Waals surface area (Å²) >= 11 is 0. The molecule has 2 N–H and O–H groups in total. The van der Waals surface area contributed by atoms with Crippen LogP contribution in [0.4, 0.5) is 0 Å². The van der Waals surface area contributed by atoms with Gasteiger partial charge in [0.15, 0.2) is 0 Å². The molecule has 0 aliphatic carbocycles. The Labute approximate surface area is 53.9 Å². The summed E-state index contributed by atoms with van der Waals surface area (Å²) in [5, 5.41) is 0.458. The van der Waals surface area contributed by atoms with Crippen molar-refractivity contribution in [1.82, 2.24) is 0 Å². The summed E-state index contributed by atoms with van der Waals surface area (Å²) < 4.78 is 0. The molecule has 0 saturated carbocycles. The van der Waals surface area contributed by atoms with Gasteiger partial charge in [-0.1, -0.05) is 26.9 Å². The van der Waals surface area contributed by atoms with Crippen molar-refractivity contribution >= 4 is 8.80 Å². The first-order valence-corrected chi connectivity index (χ1v) is 6.09. The Bertz CT molecular complexity index is 68.9. The van der Waals surface area contributed by atoms with Gasteiger partial charge >= 0.3 is 0 Å². The Kier molecular flexibility index (Phi) is 2.70. The topological polar surface area (TPSA) is 26.0 Å². The van der Waals surface area contributed by atoms with E-state index in [-0.39, 0.29) is 0 Å². The maximum atomic E-state index is 5.54. The maximum absolute atomic E-state index is 5.54. The first-order valence-electron chi connectivity index (χ1n) is 3.21. The lowest BCUT2D eigenvalue weighted by molar-refractivity contribution is 0.671. The molecule has 0 heterocycles. The molecule has 50 valence electrons. The van der Waals surface area contributed by atoms with E-state index >= 15 is 0 Å². The van der Waals surface area contributed by atoms with E-state index in [4.69, 9.17) is 5.73 Å². The van der Waals surface area contributed by atoms with E-state index in [2.05, 4.69) is 26.9 Å². The van der Waals surface area contributed by atoms with Gasteiger partial charge in [0.2, 0.25) is 0 Å². The standard InChI is InChI=1S/C6H17NSi/c1-6(2,5-7)8(3)4/h8H,5,7H2,1-4H3. The van der Waals surface area contributed by atoms with Crippen molar-refractivity contribution in [3.8, 4) is 0 Å². The lowest BCUT2D eigenvalue weighted by Crippen LogP contribution is -2.28. The van der Waals surface area contributed by atoms with Crippen LogP contribution in [-0.4, -0.2) is 15.3 Å². The first-order chi connectivity index (χ1) is 3.50. The fourth-order valence-electron chi connectivity index (χ4n) is 0.236. The highest BCUT2D eigenvalue weighted by atomic mass is 28.3. The molecule has 0 spiro atoms. The summed E-state index contributed by atoms with van der Waals surface area (Å²) in [5.74, 6) is 0. The van der Waals surface area contributed by atoms with Crippen molar-refractivity contribution in [3.63, 3.8) is 0 Å². The first kappa shape index (κ1) is 8.18. The van der Waals surface area contributed by atoms with Gasteiger partial charge in [-0.05, 0) is 11.6 Å².